The van der Waals surface area contributed by atoms with E-state index in [4.69, 9.17) is 9.47 Å². The summed E-state index contributed by atoms with van der Waals surface area (Å²) < 4.78 is 10.9. The second-order valence-electron chi connectivity index (χ2n) is 4.77. The molecule has 2 aromatic rings. The number of hydrogen-bond donors (Lipinski definition) is 1. The molecule has 22 heavy (non-hydrogen) atoms. The summed E-state index contributed by atoms with van der Waals surface area (Å²) in [6, 6.07) is 11.0. The quantitative estimate of drug-likeness (QED) is 0.853. The fourth-order valence-electron chi connectivity index (χ4n) is 1.97. The number of rotatable bonds is 7. The SMILES string of the molecule is CCC(Oc1cccc(OC)c1)C(=O)NCc1cccnc1. The summed E-state index contributed by atoms with van der Waals surface area (Å²) in [6.45, 7) is 2.35. The molecule has 1 atom stereocenters. The molecule has 1 unspecified atom stereocenters. The Hall–Kier alpha value is -2.56. The third kappa shape index (κ3) is 4.48. The molecule has 5 heteroatoms. The number of hydrogen-bond acceptors (Lipinski definition) is 4. The molecule has 1 aromatic carbocycles. The molecule has 0 fully saturated rings. The summed E-state index contributed by atoms with van der Waals surface area (Å²) in [4.78, 5) is 16.2. The van der Waals surface area contributed by atoms with Gasteiger partial charge < -0.3 is 14.8 Å². The lowest BCUT2D eigenvalue weighted by Crippen LogP contribution is -2.37. The van der Waals surface area contributed by atoms with Crippen molar-refractivity contribution in [2.45, 2.75) is 26.0 Å². The molecule has 2 rings (SSSR count). The number of methoxy groups -OCH3 is 1. The molecule has 0 spiro atoms. The molecular weight excluding hydrogens is 280 g/mol. The number of amides is 1. The van der Waals surface area contributed by atoms with E-state index in [9.17, 15) is 4.79 Å². The fourth-order valence-corrected chi connectivity index (χ4v) is 1.97. The van der Waals surface area contributed by atoms with Crippen molar-refractivity contribution >= 4 is 5.91 Å². The van der Waals surface area contributed by atoms with Gasteiger partial charge >= 0.3 is 0 Å². The van der Waals surface area contributed by atoms with Crippen molar-refractivity contribution in [1.29, 1.82) is 0 Å². The lowest BCUT2D eigenvalue weighted by molar-refractivity contribution is -0.128. The summed E-state index contributed by atoms with van der Waals surface area (Å²) >= 11 is 0. The van der Waals surface area contributed by atoms with Crippen LogP contribution in [0.3, 0.4) is 0 Å². The zero-order valence-electron chi connectivity index (χ0n) is 12.8. The Morgan fingerprint density at radius 3 is 2.77 bits per heavy atom. The summed E-state index contributed by atoms with van der Waals surface area (Å²) in [5.74, 6) is 1.17. The van der Waals surface area contributed by atoms with Crippen molar-refractivity contribution in [3.05, 3.63) is 54.4 Å². The van der Waals surface area contributed by atoms with Crippen molar-refractivity contribution in [3.8, 4) is 11.5 Å². The zero-order chi connectivity index (χ0) is 15.8. The third-order valence-electron chi connectivity index (χ3n) is 3.17. The molecule has 116 valence electrons. The molecule has 1 N–H and O–H groups in total. The molecule has 1 heterocycles. The Bertz CT molecular complexity index is 602. The normalized spacial score (nSPS) is 11.5. The molecule has 0 bridgehead atoms. The van der Waals surface area contributed by atoms with Crippen LogP contribution in [0.15, 0.2) is 48.8 Å². The lowest BCUT2D eigenvalue weighted by Gasteiger charge is -2.17. The molecule has 0 aliphatic rings. The van der Waals surface area contributed by atoms with E-state index in [1.54, 1.807) is 31.6 Å². The average molecular weight is 300 g/mol. The smallest absolute Gasteiger partial charge is 0.261 e. The standard InChI is InChI=1S/C17H20N2O3/c1-3-16(22-15-8-4-7-14(10-15)21-2)17(20)19-12-13-6-5-9-18-11-13/h4-11,16H,3,12H2,1-2H3,(H,19,20). The van der Waals surface area contributed by atoms with Crippen LogP contribution in [0.1, 0.15) is 18.9 Å². The van der Waals surface area contributed by atoms with Crippen LogP contribution in [0.5, 0.6) is 11.5 Å². The van der Waals surface area contributed by atoms with Crippen LogP contribution >= 0.6 is 0 Å². The second kappa shape index (κ2) is 8.02. The van der Waals surface area contributed by atoms with E-state index < -0.39 is 6.10 Å². The maximum Gasteiger partial charge on any atom is 0.261 e. The molecule has 0 saturated carbocycles. The van der Waals surface area contributed by atoms with E-state index in [1.165, 1.54) is 0 Å². The average Bonchev–Trinajstić information content (AvgIpc) is 2.58. The lowest BCUT2D eigenvalue weighted by atomic mass is 10.2. The largest absolute Gasteiger partial charge is 0.497 e. The molecule has 0 aliphatic carbocycles. The number of ether oxygens (including phenoxy) is 2. The number of carbonyl (C=O) groups excluding carboxylic acids is 1. The molecule has 0 radical (unpaired) electrons. The van der Waals surface area contributed by atoms with E-state index in [1.807, 2.05) is 31.2 Å². The summed E-state index contributed by atoms with van der Waals surface area (Å²) in [5.41, 5.74) is 0.951. The van der Waals surface area contributed by atoms with E-state index in [-0.39, 0.29) is 5.91 Å². The third-order valence-corrected chi connectivity index (χ3v) is 3.17. The van der Waals surface area contributed by atoms with Crippen molar-refractivity contribution in [2.24, 2.45) is 0 Å². The van der Waals surface area contributed by atoms with Crippen LogP contribution in [0.4, 0.5) is 0 Å². The molecular formula is C17H20N2O3. The highest BCUT2D eigenvalue weighted by atomic mass is 16.5. The monoisotopic (exact) mass is 300 g/mol. The summed E-state index contributed by atoms with van der Waals surface area (Å²) in [6.07, 6.45) is 3.47. The van der Waals surface area contributed by atoms with E-state index in [0.29, 0.717) is 24.5 Å². The van der Waals surface area contributed by atoms with Gasteiger partial charge in [0.05, 0.1) is 7.11 Å². The van der Waals surface area contributed by atoms with Crippen LogP contribution in [0.2, 0.25) is 0 Å². The molecule has 0 saturated heterocycles. The zero-order valence-corrected chi connectivity index (χ0v) is 12.8. The van der Waals surface area contributed by atoms with Gasteiger partial charge in [-0.05, 0) is 30.2 Å². The number of nitrogens with zero attached hydrogens (tertiary/aromatic N) is 1. The Labute approximate surface area is 130 Å². The minimum Gasteiger partial charge on any atom is -0.497 e. The topological polar surface area (TPSA) is 60.5 Å². The highest BCUT2D eigenvalue weighted by Crippen LogP contribution is 2.20. The Balaban J connectivity index is 1.93. The van der Waals surface area contributed by atoms with E-state index in [2.05, 4.69) is 10.3 Å². The summed E-state index contributed by atoms with van der Waals surface area (Å²) in [5, 5.41) is 2.86. The van der Waals surface area contributed by atoms with Gasteiger partial charge in [0.15, 0.2) is 6.10 Å². The first kappa shape index (κ1) is 15.8. The Morgan fingerprint density at radius 1 is 1.27 bits per heavy atom. The highest BCUT2D eigenvalue weighted by Gasteiger charge is 2.18. The highest BCUT2D eigenvalue weighted by molar-refractivity contribution is 5.81. The van der Waals surface area contributed by atoms with Gasteiger partial charge in [0.2, 0.25) is 0 Å². The van der Waals surface area contributed by atoms with Gasteiger partial charge in [-0.25, -0.2) is 0 Å². The first-order valence-electron chi connectivity index (χ1n) is 7.20. The van der Waals surface area contributed by atoms with Gasteiger partial charge in [0, 0.05) is 25.0 Å². The van der Waals surface area contributed by atoms with Gasteiger partial charge in [-0.2, -0.15) is 0 Å². The van der Waals surface area contributed by atoms with Crippen molar-refractivity contribution < 1.29 is 14.3 Å². The second-order valence-corrected chi connectivity index (χ2v) is 4.77. The minimum absolute atomic E-state index is 0.144. The fraction of sp³-hybridized carbons (Fsp3) is 0.294. The number of benzene rings is 1. The molecule has 5 nitrogen and oxygen atoms in total. The van der Waals surface area contributed by atoms with E-state index >= 15 is 0 Å². The number of carbonyl (C=O) groups is 1. The first-order valence-corrected chi connectivity index (χ1v) is 7.20. The van der Waals surface area contributed by atoms with Gasteiger partial charge in [0.1, 0.15) is 11.5 Å². The first-order chi connectivity index (χ1) is 10.7. The maximum absolute atomic E-state index is 12.2. The van der Waals surface area contributed by atoms with E-state index in [0.717, 1.165) is 5.56 Å². The van der Waals surface area contributed by atoms with Gasteiger partial charge in [-0.1, -0.05) is 19.1 Å². The summed E-state index contributed by atoms with van der Waals surface area (Å²) in [7, 11) is 1.59. The predicted molar refractivity (Wildman–Crippen MR) is 83.8 cm³/mol. The molecule has 1 aromatic heterocycles. The van der Waals surface area contributed by atoms with Gasteiger partial charge in [-0.3, -0.25) is 9.78 Å². The van der Waals surface area contributed by atoms with Crippen LogP contribution in [-0.4, -0.2) is 24.1 Å². The van der Waals surface area contributed by atoms with Crippen LogP contribution in [0.25, 0.3) is 0 Å². The number of pyridine rings is 1. The van der Waals surface area contributed by atoms with Crippen molar-refractivity contribution in [1.82, 2.24) is 10.3 Å². The Morgan fingerprint density at radius 2 is 2.09 bits per heavy atom. The number of aromatic nitrogens is 1. The molecule has 0 aliphatic heterocycles. The van der Waals surface area contributed by atoms with Crippen molar-refractivity contribution in [2.75, 3.05) is 7.11 Å². The van der Waals surface area contributed by atoms with Crippen LogP contribution in [0, 0.1) is 0 Å². The van der Waals surface area contributed by atoms with Crippen LogP contribution < -0.4 is 14.8 Å². The molecule has 1 amide bonds. The van der Waals surface area contributed by atoms with Gasteiger partial charge in [-0.15, -0.1) is 0 Å². The predicted octanol–water partition coefficient (Wildman–Crippen LogP) is 2.56. The van der Waals surface area contributed by atoms with Crippen LogP contribution in [-0.2, 0) is 11.3 Å². The number of nitrogens with one attached hydrogen (secondary N) is 1. The van der Waals surface area contributed by atoms with Gasteiger partial charge in [0.25, 0.3) is 5.91 Å². The maximum atomic E-state index is 12.2. The van der Waals surface area contributed by atoms with Crippen molar-refractivity contribution in [3.63, 3.8) is 0 Å². The minimum atomic E-state index is -0.538. The Kier molecular flexibility index (Phi) is 5.77.